The minimum atomic E-state index is -0.0307. The largest absolute Gasteiger partial charge is 0.349 e. The normalized spacial score (nSPS) is 17.7. The molecular formula is C14H20BrN3O. The first kappa shape index (κ1) is 14.5. The van der Waals surface area contributed by atoms with Crippen LogP contribution in [-0.2, 0) is 0 Å². The number of hydrogen-bond acceptors (Lipinski definition) is 3. The molecule has 2 rings (SSSR count). The Morgan fingerprint density at radius 1 is 1.42 bits per heavy atom. The highest BCUT2D eigenvalue weighted by molar-refractivity contribution is 9.10. The van der Waals surface area contributed by atoms with E-state index in [1.165, 1.54) is 0 Å². The van der Waals surface area contributed by atoms with Crippen LogP contribution in [0.2, 0.25) is 0 Å². The van der Waals surface area contributed by atoms with E-state index in [0.717, 1.165) is 30.4 Å². The fraction of sp³-hybridized carbons (Fsp3) is 0.571. The van der Waals surface area contributed by atoms with Gasteiger partial charge in [0.25, 0.3) is 5.91 Å². The summed E-state index contributed by atoms with van der Waals surface area (Å²) in [6, 6.07) is 2.67. The van der Waals surface area contributed by atoms with Crippen LogP contribution in [0, 0.1) is 0 Å². The van der Waals surface area contributed by atoms with Gasteiger partial charge in [0.2, 0.25) is 0 Å². The van der Waals surface area contributed by atoms with Crippen LogP contribution in [0.25, 0.3) is 0 Å². The minimum Gasteiger partial charge on any atom is -0.349 e. The molecule has 0 spiro atoms. The number of pyridine rings is 1. The lowest BCUT2D eigenvalue weighted by Crippen LogP contribution is -2.46. The molecule has 0 saturated carbocycles. The second-order valence-corrected chi connectivity index (χ2v) is 6.18. The van der Waals surface area contributed by atoms with Crippen LogP contribution in [0.3, 0.4) is 0 Å². The number of halogens is 1. The number of carbonyl (C=O) groups is 1. The molecule has 1 amide bonds. The molecule has 0 atom stereocenters. The van der Waals surface area contributed by atoms with Crippen molar-refractivity contribution in [2.24, 2.45) is 0 Å². The number of aromatic nitrogens is 1. The van der Waals surface area contributed by atoms with E-state index in [1.54, 1.807) is 18.5 Å². The molecule has 0 aliphatic carbocycles. The Kier molecular flexibility index (Phi) is 4.93. The molecule has 1 aromatic heterocycles. The summed E-state index contributed by atoms with van der Waals surface area (Å²) < 4.78 is 0.828. The van der Waals surface area contributed by atoms with Gasteiger partial charge in [-0.2, -0.15) is 0 Å². The first-order valence-corrected chi connectivity index (χ1v) is 7.51. The van der Waals surface area contributed by atoms with Crippen molar-refractivity contribution in [3.8, 4) is 0 Å². The summed E-state index contributed by atoms with van der Waals surface area (Å²) in [7, 11) is 0. The zero-order valence-corrected chi connectivity index (χ0v) is 13.0. The molecule has 104 valence electrons. The van der Waals surface area contributed by atoms with Crippen molar-refractivity contribution in [1.29, 1.82) is 0 Å². The maximum absolute atomic E-state index is 12.1. The van der Waals surface area contributed by atoms with Crippen molar-refractivity contribution in [1.82, 2.24) is 15.2 Å². The van der Waals surface area contributed by atoms with Gasteiger partial charge >= 0.3 is 0 Å². The Labute approximate surface area is 122 Å². The van der Waals surface area contributed by atoms with Gasteiger partial charge in [-0.25, -0.2) is 0 Å². The molecule has 1 aliphatic rings. The van der Waals surface area contributed by atoms with E-state index in [2.05, 4.69) is 45.0 Å². The number of carbonyl (C=O) groups excluding carboxylic acids is 1. The maximum atomic E-state index is 12.1. The van der Waals surface area contributed by atoms with Gasteiger partial charge in [-0.3, -0.25) is 9.78 Å². The fourth-order valence-electron chi connectivity index (χ4n) is 2.36. The Hall–Kier alpha value is -0.940. The van der Waals surface area contributed by atoms with E-state index < -0.39 is 0 Å². The molecule has 19 heavy (non-hydrogen) atoms. The van der Waals surface area contributed by atoms with Crippen molar-refractivity contribution in [2.45, 2.75) is 38.8 Å². The van der Waals surface area contributed by atoms with E-state index in [0.29, 0.717) is 11.6 Å². The van der Waals surface area contributed by atoms with E-state index in [1.807, 2.05) is 0 Å². The first-order valence-electron chi connectivity index (χ1n) is 6.71. The van der Waals surface area contributed by atoms with E-state index >= 15 is 0 Å². The van der Waals surface area contributed by atoms with Gasteiger partial charge < -0.3 is 10.2 Å². The number of amides is 1. The second-order valence-electron chi connectivity index (χ2n) is 5.27. The molecule has 0 radical (unpaired) electrons. The van der Waals surface area contributed by atoms with Gasteiger partial charge in [0.05, 0.1) is 5.56 Å². The first-order chi connectivity index (χ1) is 9.06. The lowest BCUT2D eigenvalue weighted by Gasteiger charge is -2.34. The molecule has 5 heteroatoms. The number of rotatable bonds is 3. The summed E-state index contributed by atoms with van der Waals surface area (Å²) in [4.78, 5) is 18.6. The van der Waals surface area contributed by atoms with Gasteiger partial charge in [-0.15, -0.1) is 0 Å². The molecule has 1 aliphatic heterocycles. The standard InChI is InChI=1S/C14H20BrN3O/c1-10(2)18-5-3-13(4-6-18)17-14(19)11-7-12(15)9-16-8-11/h7-10,13H,3-6H2,1-2H3,(H,17,19). The average molecular weight is 326 g/mol. The minimum absolute atomic E-state index is 0.0307. The highest BCUT2D eigenvalue weighted by atomic mass is 79.9. The summed E-state index contributed by atoms with van der Waals surface area (Å²) in [5, 5.41) is 3.10. The molecule has 1 saturated heterocycles. The number of nitrogens with one attached hydrogen (secondary N) is 1. The average Bonchev–Trinajstić information content (AvgIpc) is 2.39. The molecular weight excluding hydrogens is 306 g/mol. The van der Waals surface area contributed by atoms with Crippen LogP contribution < -0.4 is 5.32 Å². The third-order valence-electron chi connectivity index (χ3n) is 3.56. The Bertz CT molecular complexity index is 442. The number of nitrogens with zero attached hydrogens (tertiary/aromatic N) is 2. The van der Waals surface area contributed by atoms with Gasteiger partial charge in [-0.1, -0.05) is 0 Å². The molecule has 1 aromatic rings. The van der Waals surface area contributed by atoms with Crippen molar-refractivity contribution in [3.05, 3.63) is 28.5 Å². The van der Waals surface area contributed by atoms with Gasteiger partial charge in [0.15, 0.2) is 0 Å². The van der Waals surface area contributed by atoms with Gasteiger partial charge in [-0.05, 0) is 48.7 Å². The number of hydrogen-bond donors (Lipinski definition) is 1. The highest BCUT2D eigenvalue weighted by Crippen LogP contribution is 2.14. The summed E-state index contributed by atoms with van der Waals surface area (Å²) in [6.45, 7) is 6.54. The van der Waals surface area contributed by atoms with Crippen molar-refractivity contribution in [2.75, 3.05) is 13.1 Å². The quantitative estimate of drug-likeness (QED) is 0.928. The van der Waals surface area contributed by atoms with Crippen LogP contribution in [0.4, 0.5) is 0 Å². The summed E-state index contributed by atoms with van der Waals surface area (Å²) in [5.74, 6) is -0.0307. The molecule has 1 N–H and O–H groups in total. The van der Waals surface area contributed by atoms with Crippen molar-refractivity contribution in [3.63, 3.8) is 0 Å². The third kappa shape index (κ3) is 4.01. The molecule has 0 bridgehead atoms. The second kappa shape index (κ2) is 6.48. The maximum Gasteiger partial charge on any atom is 0.253 e. The molecule has 1 fully saturated rings. The predicted molar refractivity (Wildman–Crippen MR) is 79.1 cm³/mol. The summed E-state index contributed by atoms with van der Waals surface area (Å²) >= 11 is 3.33. The number of likely N-dealkylation sites (tertiary alicyclic amines) is 1. The van der Waals surface area contributed by atoms with Gasteiger partial charge in [0.1, 0.15) is 0 Å². The monoisotopic (exact) mass is 325 g/mol. The lowest BCUT2D eigenvalue weighted by atomic mass is 10.0. The molecule has 2 heterocycles. The van der Waals surface area contributed by atoms with Crippen molar-refractivity contribution >= 4 is 21.8 Å². The zero-order chi connectivity index (χ0) is 13.8. The third-order valence-corrected chi connectivity index (χ3v) is 4.00. The topological polar surface area (TPSA) is 45.2 Å². The Balaban J connectivity index is 1.87. The smallest absolute Gasteiger partial charge is 0.253 e. The summed E-state index contributed by atoms with van der Waals surface area (Å²) in [6.07, 6.45) is 5.32. The van der Waals surface area contributed by atoms with E-state index in [-0.39, 0.29) is 11.9 Å². The van der Waals surface area contributed by atoms with Crippen molar-refractivity contribution < 1.29 is 4.79 Å². The summed E-state index contributed by atoms with van der Waals surface area (Å²) in [5.41, 5.74) is 0.612. The molecule has 4 nitrogen and oxygen atoms in total. The van der Waals surface area contributed by atoms with Crippen LogP contribution in [-0.4, -0.2) is 41.0 Å². The zero-order valence-electron chi connectivity index (χ0n) is 11.4. The van der Waals surface area contributed by atoms with Crippen LogP contribution in [0.5, 0.6) is 0 Å². The fourth-order valence-corrected chi connectivity index (χ4v) is 2.73. The number of piperidine rings is 1. The van der Waals surface area contributed by atoms with E-state index in [9.17, 15) is 4.79 Å². The van der Waals surface area contributed by atoms with Crippen LogP contribution in [0.15, 0.2) is 22.9 Å². The SMILES string of the molecule is CC(C)N1CCC(NC(=O)c2cncc(Br)c2)CC1. The highest BCUT2D eigenvalue weighted by Gasteiger charge is 2.22. The van der Waals surface area contributed by atoms with Gasteiger partial charge in [0, 0.05) is 42.0 Å². The Morgan fingerprint density at radius 3 is 2.68 bits per heavy atom. The molecule has 0 unspecified atom stereocenters. The van der Waals surface area contributed by atoms with Crippen LogP contribution >= 0.6 is 15.9 Å². The Morgan fingerprint density at radius 2 is 2.11 bits per heavy atom. The van der Waals surface area contributed by atoms with E-state index in [4.69, 9.17) is 0 Å². The molecule has 0 aromatic carbocycles. The lowest BCUT2D eigenvalue weighted by molar-refractivity contribution is 0.0900. The predicted octanol–water partition coefficient (Wildman–Crippen LogP) is 2.45. The van der Waals surface area contributed by atoms with Crippen LogP contribution in [0.1, 0.15) is 37.0 Å².